The van der Waals surface area contributed by atoms with E-state index >= 15 is 0 Å². The van der Waals surface area contributed by atoms with Gasteiger partial charge in [0.1, 0.15) is 5.75 Å². The van der Waals surface area contributed by atoms with Crippen molar-refractivity contribution in [1.29, 1.82) is 0 Å². The summed E-state index contributed by atoms with van der Waals surface area (Å²) < 4.78 is 42.9. The van der Waals surface area contributed by atoms with E-state index in [0.717, 1.165) is 6.07 Å². The van der Waals surface area contributed by atoms with E-state index in [1.54, 1.807) is 0 Å². The Morgan fingerprint density at radius 2 is 2.00 bits per heavy atom. The van der Waals surface area contributed by atoms with Crippen LogP contribution in [0.5, 0.6) is 5.75 Å². The van der Waals surface area contributed by atoms with Gasteiger partial charge in [0, 0.05) is 12.2 Å². The number of hydrogen-bond donors (Lipinski definition) is 1. The van der Waals surface area contributed by atoms with Crippen LogP contribution in [0.1, 0.15) is 17.5 Å². The summed E-state index contributed by atoms with van der Waals surface area (Å²) in [6.07, 6.45) is -3.96. The fourth-order valence-electron chi connectivity index (χ4n) is 1.54. The van der Waals surface area contributed by atoms with Gasteiger partial charge in [-0.05, 0) is 25.0 Å². The van der Waals surface area contributed by atoms with Crippen molar-refractivity contribution in [3.63, 3.8) is 0 Å². The molecule has 1 rings (SSSR count). The Morgan fingerprint density at radius 1 is 1.31 bits per heavy atom. The average molecular weight is 234 g/mol. The normalized spacial score (nSPS) is 11.6. The lowest BCUT2D eigenvalue weighted by atomic mass is 10.0. The molecule has 0 fully saturated rings. The highest BCUT2D eigenvalue weighted by molar-refractivity contribution is 5.41. The highest BCUT2D eigenvalue weighted by Crippen LogP contribution is 2.36. The summed E-state index contributed by atoms with van der Waals surface area (Å²) >= 11 is 0. The number of hydrogen-bond acceptors (Lipinski definition) is 2. The second-order valence-electron chi connectivity index (χ2n) is 3.31. The van der Waals surface area contributed by atoms with Crippen LogP contribution >= 0.6 is 0 Å². The topological polar surface area (TPSA) is 29.5 Å². The minimum Gasteiger partial charge on any atom is -0.496 e. The predicted octanol–water partition coefficient (Wildman–Crippen LogP) is 2.64. The number of rotatable bonds is 4. The van der Waals surface area contributed by atoms with E-state index < -0.39 is 11.7 Å². The third-order valence-corrected chi connectivity index (χ3v) is 2.24. The number of methoxy groups -OCH3 is 1. The maximum Gasteiger partial charge on any atom is 0.416 e. The van der Waals surface area contributed by atoms with Crippen molar-refractivity contribution >= 4 is 0 Å². The SMILES string of the molecule is COc1cccc(C(F)(F)F)c1CCCO. The van der Waals surface area contributed by atoms with Crippen LogP contribution in [-0.2, 0) is 12.6 Å². The zero-order valence-corrected chi connectivity index (χ0v) is 8.84. The smallest absolute Gasteiger partial charge is 0.416 e. The Hall–Kier alpha value is -1.23. The van der Waals surface area contributed by atoms with Crippen molar-refractivity contribution in [2.24, 2.45) is 0 Å². The molecule has 0 aliphatic heterocycles. The lowest BCUT2D eigenvalue weighted by Crippen LogP contribution is -2.10. The summed E-state index contributed by atoms with van der Waals surface area (Å²) in [6, 6.07) is 3.82. The van der Waals surface area contributed by atoms with Gasteiger partial charge < -0.3 is 9.84 Å². The molecule has 0 aliphatic carbocycles. The summed E-state index contributed by atoms with van der Waals surface area (Å²) in [5.74, 6) is 0.211. The van der Waals surface area contributed by atoms with E-state index in [-0.39, 0.29) is 30.8 Å². The van der Waals surface area contributed by atoms with Crippen molar-refractivity contribution in [2.45, 2.75) is 19.0 Å². The minimum atomic E-state index is -4.39. The first-order chi connectivity index (χ1) is 7.50. The molecule has 16 heavy (non-hydrogen) atoms. The van der Waals surface area contributed by atoms with Crippen molar-refractivity contribution in [3.05, 3.63) is 29.3 Å². The molecule has 0 spiro atoms. The van der Waals surface area contributed by atoms with E-state index in [0.29, 0.717) is 0 Å². The van der Waals surface area contributed by atoms with Crippen molar-refractivity contribution in [3.8, 4) is 5.75 Å². The maximum absolute atomic E-state index is 12.7. The Labute approximate surface area is 91.7 Å². The van der Waals surface area contributed by atoms with Gasteiger partial charge in [0.05, 0.1) is 12.7 Å². The van der Waals surface area contributed by atoms with Gasteiger partial charge in [0.25, 0.3) is 0 Å². The number of benzene rings is 1. The van der Waals surface area contributed by atoms with Crippen LogP contribution in [0.25, 0.3) is 0 Å². The van der Waals surface area contributed by atoms with Crippen LogP contribution in [0, 0.1) is 0 Å². The fourth-order valence-corrected chi connectivity index (χ4v) is 1.54. The summed E-state index contributed by atoms with van der Waals surface area (Å²) in [5.41, 5.74) is -0.591. The highest BCUT2D eigenvalue weighted by Gasteiger charge is 2.34. The van der Waals surface area contributed by atoms with E-state index in [1.165, 1.54) is 19.2 Å². The number of alkyl halides is 3. The van der Waals surface area contributed by atoms with Gasteiger partial charge in [-0.2, -0.15) is 13.2 Å². The Kier molecular flexibility index (Phi) is 4.18. The molecule has 1 aromatic carbocycles. The number of aliphatic hydroxyl groups is 1. The molecule has 0 saturated carbocycles. The van der Waals surface area contributed by atoms with Gasteiger partial charge in [-0.25, -0.2) is 0 Å². The molecule has 1 N–H and O–H groups in total. The first kappa shape index (κ1) is 12.8. The Bertz CT molecular complexity index is 348. The molecule has 0 saturated heterocycles. The monoisotopic (exact) mass is 234 g/mol. The molecule has 0 heterocycles. The maximum atomic E-state index is 12.7. The number of halogens is 3. The average Bonchev–Trinajstić information content (AvgIpc) is 2.24. The van der Waals surface area contributed by atoms with Crippen molar-refractivity contribution < 1.29 is 23.0 Å². The first-order valence-electron chi connectivity index (χ1n) is 4.84. The van der Waals surface area contributed by atoms with Crippen LogP contribution in [0.3, 0.4) is 0 Å². The second kappa shape index (κ2) is 5.21. The zero-order valence-electron chi connectivity index (χ0n) is 8.84. The molecule has 2 nitrogen and oxygen atoms in total. The van der Waals surface area contributed by atoms with Crippen molar-refractivity contribution in [2.75, 3.05) is 13.7 Å². The summed E-state index contributed by atoms with van der Waals surface area (Å²) in [4.78, 5) is 0. The van der Waals surface area contributed by atoms with E-state index in [1.807, 2.05) is 0 Å². The Morgan fingerprint density at radius 3 is 2.50 bits per heavy atom. The van der Waals surface area contributed by atoms with Gasteiger partial charge in [0.2, 0.25) is 0 Å². The van der Waals surface area contributed by atoms with Gasteiger partial charge in [0.15, 0.2) is 0 Å². The van der Waals surface area contributed by atoms with Crippen LogP contribution in [0.2, 0.25) is 0 Å². The molecule has 90 valence electrons. The molecule has 0 amide bonds. The second-order valence-corrected chi connectivity index (χ2v) is 3.31. The summed E-state index contributed by atoms with van der Waals surface area (Å²) in [7, 11) is 1.33. The molecular formula is C11H13F3O2. The number of aliphatic hydroxyl groups excluding tert-OH is 1. The summed E-state index contributed by atoms with van der Waals surface area (Å²) in [6.45, 7) is -0.144. The molecule has 0 unspecified atom stereocenters. The zero-order chi connectivity index (χ0) is 12.2. The van der Waals surface area contributed by atoms with Gasteiger partial charge in [-0.1, -0.05) is 6.07 Å². The van der Waals surface area contributed by atoms with Crippen LogP contribution < -0.4 is 4.74 Å². The van der Waals surface area contributed by atoms with E-state index in [2.05, 4.69) is 0 Å². The van der Waals surface area contributed by atoms with Crippen LogP contribution in [0.15, 0.2) is 18.2 Å². The highest BCUT2D eigenvalue weighted by atomic mass is 19.4. The molecule has 0 atom stereocenters. The first-order valence-corrected chi connectivity index (χ1v) is 4.84. The molecule has 0 aliphatic rings. The molecule has 0 aromatic heterocycles. The van der Waals surface area contributed by atoms with Gasteiger partial charge in [-0.3, -0.25) is 0 Å². The molecule has 0 bridgehead atoms. The van der Waals surface area contributed by atoms with E-state index in [4.69, 9.17) is 9.84 Å². The largest absolute Gasteiger partial charge is 0.496 e. The predicted molar refractivity (Wildman–Crippen MR) is 53.4 cm³/mol. The lowest BCUT2D eigenvalue weighted by molar-refractivity contribution is -0.138. The van der Waals surface area contributed by atoms with Gasteiger partial charge >= 0.3 is 6.18 Å². The van der Waals surface area contributed by atoms with Gasteiger partial charge in [-0.15, -0.1) is 0 Å². The van der Waals surface area contributed by atoms with Crippen LogP contribution in [0.4, 0.5) is 13.2 Å². The summed E-state index contributed by atoms with van der Waals surface area (Å²) in [5, 5.41) is 8.66. The molecule has 0 radical (unpaired) electrons. The third kappa shape index (κ3) is 2.88. The number of ether oxygens (including phenoxy) is 1. The van der Waals surface area contributed by atoms with Crippen molar-refractivity contribution in [1.82, 2.24) is 0 Å². The minimum absolute atomic E-state index is 0.103. The quantitative estimate of drug-likeness (QED) is 0.867. The Balaban J connectivity index is 3.15. The fraction of sp³-hybridized carbons (Fsp3) is 0.455. The molecular weight excluding hydrogens is 221 g/mol. The third-order valence-electron chi connectivity index (χ3n) is 2.24. The van der Waals surface area contributed by atoms with E-state index in [9.17, 15) is 13.2 Å². The lowest BCUT2D eigenvalue weighted by Gasteiger charge is -2.15. The standard InChI is InChI=1S/C11H13F3O2/c1-16-10-6-2-5-9(11(12,13)14)8(10)4-3-7-15/h2,5-6,15H,3-4,7H2,1H3. The molecule has 1 aromatic rings. The molecule has 5 heteroatoms. The van der Waals surface area contributed by atoms with Crippen LogP contribution in [-0.4, -0.2) is 18.8 Å².